The number of phenols is 2. The van der Waals surface area contributed by atoms with Crippen LogP contribution in [0.5, 0.6) is 17.2 Å². The van der Waals surface area contributed by atoms with Crippen LogP contribution in [0, 0.1) is 5.41 Å². The highest BCUT2D eigenvalue weighted by Gasteiger charge is 2.42. The Morgan fingerprint density at radius 3 is 2.47 bits per heavy atom. The van der Waals surface area contributed by atoms with Crippen LogP contribution in [0.1, 0.15) is 51.1 Å². The molecule has 1 amide bonds. The van der Waals surface area contributed by atoms with Crippen LogP contribution in [0.15, 0.2) is 70.0 Å². The summed E-state index contributed by atoms with van der Waals surface area (Å²) >= 11 is 3.47. The molecule has 0 saturated heterocycles. The molecule has 10 nitrogen and oxygen atoms in total. The Bertz CT molecular complexity index is 1600. The molecule has 4 N–H and O–H groups in total. The molecule has 3 aromatic carbocycles. The Hall–Kier alpha value is -3.77. The van der Waals surface area contributed by atoms with Crippen LogP contribution in [0.25, 0.3) is 0 Å². The van der Waals surface area contributed by atoms with Crippen molar-refractivity contribution in [3.8, 4) is 17.2 Å². The molecule has 0 aliphatic carbocycles. The number of hydrogen-bond acceptors (Lipinski definition) is 8. The number of nitrogens with one attached hydrogen (secondary N) is 1. The maximum absolute atomic E-state index is 14.0. The maximum Gasteiger partial charge on any atom is 0.331 e. The average Bonchev–Trinajstić information content (AvgIpc) is 3.07. The summed E-state index contributed by atoms with van der Waals surface area (Å²) in [5.74, 6) is -3.45. The van der Waals surface area contributed by atoms with E-state index in [0.717, 1.165) is 24.9 Å². The van der Waals surface area contributed by atoms with Crippen LogP contribution in [-0.2, 0) is 19.4 Å². The van der Waals surface area contributed by atoms with Crippen molar-refractivity contribution in [2.75, 3.05) is 23.8 Å². The van der Waals surface area contributed by atoms with E-state index in [1.807, 2.05) is 42.2 Å². The Labute approximate surface area is 259 Å². The van der Waals surface area contributed by atoms with E-state index in [-0.39, 0.29) is 22.0 Å². The van der Waals surface area contributed by atoms with Crippen LogP contribution in [0.3, 0.4) is 0 Å². The van der Waals surface area contributed by atoms with Gasteiger partial charge in [-0.3, -0.25) is 4.79 Å². The van der Waals surface area contributed by atoms with Gasteiger partial charge in [-0.15, -0.1) is 0 Å². The van der Waals surface area contributed by atoms with E-state index in [4.69, 9.17) is 4.74 Å². The lowest BCUT2D eigenvalue weighted by atomic mass is 9.81. The second kappa shape index (κ2) is 13.3. The number of benzene rings is 3. The number of aliphatic carboxylic acids is 1. The number of unbranched alkanes of at least 4 members (excludes halogenated alkanes) is 1. The second-order valence-corrected chi connectivity index (χ2v) is 13.5. The number of fused-ring (bicyclic) bond motifs is 1. The molecule has 1 aliphatic heterocycles. The number of ether oxygens (including phenoxy) is 1. The summed E-state index contributed by atoms with van der Waals surface area (Å²) in [5.41, 5.74) is 0.652. The smallest absolute Gasteiger partial charge is 0.331 e. The summed E-state index contributed by atoms with van der Waals surface area (Å²) in [6, 6.07) is 14.8. The zero-order chi connectivity index (χ0) is 31.4. The predicted octanol–water partition coefficient (Wildman–Crippen LogP) is 5.69. The topological polar surface area (TPSA) is 153 Å². The minimum atomic E-state index is -3.79. The number of nitrogens with zero attached hydrogens (tertiary/aromatic N) is 1. The van der Waals surface area contributed by atoms with Gasteiger partial charge in [-0.1, -0.05) is 57.0 Å². The highest BCUT2D eigenvalue weighted by molar-refractivity contribution is 9.10. The highest BCUT2D eigenvalue weighted by atomic mass is 79.9. The highest BCUT2D eigenvalue weighted by Crippen LogP contribution is 2.46. The van der Waals surface area contributed by atoms with E-state index in [1.165, 1.54) is 24.3 Å². The van der Waals surface area contributed by atoms with E-state index in [0.29, 0.717) is 23.1 Å². The van der Waals surface area contributed by atoms with Gasteiger partial charge in [0.1, 0.15) is 5.75 Å². The first-order valence-electron chi connectivity index (χ1n) is 14.0. The van der Waals surface area contributed by atoms with Crippen LogP contribution >= 0.6 is 15.9 Å². The van der Waals surface area contributed by atoms with Gasteiger partial charge < -0.3 is 30.3 Å². The zero-order valence-electron chi connectivity index (χ0n) is 23.9. The summed E-state index contributed by atoms with van der Waals surface area (Å²) in [5, 5.41) is 31.8. The van der Waals surface area contributed by atoms with Crippen LogP contribution in [0.4, 0.5) is 11.4 Å². The van der Waals surface area contributed by atoms with Crippen molar-refractivity contribution in [1.82, 2.24) is 5.32 Å². The van der Waals surface area contributed by atoms with Gasteiger partial charge in [0.05, 0.1) is 20.8 Å². The Morgan fingerprint density at radius 1 is 1.09 bits per heavy atom. The fourth-order valence-corrected chi connectivity index (χ4v) is 8.00. The van der Waals surface area contributed by atoms with Gasteiger partial charge in [-0.25, -0.2) is 13.2 Å². The van der Waals surface area contributed by atoms with Gasteiger partial charge in [-0.05, 0) is 53.0 Å². The van der Waals surface area contributed by atoms with E-state index in [1.54, 1.807) is 6.07 Å². The number of carboxylic acids is 1. The Balaban J connectivity index is 1.66. The molecular formula is C31H35BrN2O8S. The van der Waals surface area contributed by atoms with E-state index >= 15 is 0 Å². The quantitative estimate of drug-likeness (QED) is 0.188. The largest absolute Gasteiger partial charge is 0.504 e. The summed E-state index contributed by atoms with van der Waals surface area (Å²) in [6.07, 6.45) is 3.27. The molecule has 2 atom stereocenters. The van der Waals surface area contributed by atoms with Gasteiger partial charge >= 0.3 is 5.97 Å². The fraction of sp³-hybridized carbons (Fsp3) is 0.355. The molecule has 2 unspecified atom stereocenters. The molecule has 0 fully saturated rings. The first-order valence-corrected chi connectivity index (χ1v) is 16.4. The summed E-state index contributed by atoms with van der Waals surface area (Å²) in [7, 11) is -3.79. The number of anilines is 2. The SMILES string of the molecule is CCCCC1(CC)CN(c2ccccc2)c2cc(Br)c(OCC(=O)NC(C(=O)O)c3cccc(O)c3O)cc2S(=O)(=O)C1. The normalized spacial score (nSPS) is 18.3. The van der Waals surface area contributed by atoms with Crippen LogP contribution < -0.4 is 15.0 Å². The minimum Gasteiger partial charge on any atom is -0.504 e. The Kier molecular flexibility index (Phi) is 9.91. The number of halogens is 1. The first kappa shape index (κ1) is 32.2. The molecule has 0 bridgehead atoms. The van der Waals surface area contributed by atoms with Gasteiger partial charge in [0, 0.05) is 29.3 Å². The number of para-hydroxylation sites is 2. The van der Waals surface area contributed by atoms with Gasteiger partial charge in [-0.2, -0.15) is 0 Å². The van der Waals surface area contributed by atoms with Crippen molar-refractivity contribution in [2.45, 2.75) is 50.5 Å². The lowest BCUT2D eigenvalue weighted by molar-refractivity contribution is -0.142. The van der Waals surface area contributed by atoms with Crippen LogP contribution in [-0.4, -0.2) is 54.5 Å². The minimum absolute atomic E-state index is 0.0396. The lowest BCUT2D eigenvalue weighted by Gasteiger charge is -2.36. The van der Waals surface area contributed by atoms with Gasteiger partial charge in [0.2, 0.25) is 0 Å². The maximum atomic E-state index is 14.0. The number of carbonyl (C=O) groups excluding carboxylic acids is 1. The average molecular weight is 676 g/mol. The third-order valence-electron chi connectivity index (χ3n) is 7.78. The van der Waals surface area contributed by atoms with Crippen molar-refractivity contribution in [2.24, 2.45) is 5.41 Å². The number of sulfone groups is 1. The van der Waals surface area contributed by atoms with Gasteiger partial charge in [0.25, 0.3) is 5.91 Å². The number of amides is 1. The molecule has 43 heavy (non-hydrogen) atoms. The van der Waals surface area contributed by atoms with Crippen LogP contribution in [0.2, 0.25) is 0 Å². The summed E-state index contributed by atoms with van der Waals surface area (Å²) < 4.78 is 34.0. The Morgan fingerprint density at radius 2 is 1.81 bits per heavy atom. The number of hydrogen-bond donors (Lipinski definition) is 4. The second-order valence-electron chi connectivity index (χ2n) is 10.7. The van der Waals surface area contributed by atoms with Crippen molar-refractivity contribution >= 4 is 49.0 Å². The molecule has 0 spiro atoms. The summed E-state index contributed by atoms with van der Waals surface area (Å²) in [6.45, 7) is 3.97. The van der Waals surface area contributed by atoms with E-state index in [2.05, 4.69) is 28.2 Å². The first-order chi connectivity index (χ1) is 20.4. The van der Waals surface area contributed by atoms with Crippen molar-refractivity contribution in [3.05, 3.63) is 70.7 Å². The molecule has 230 valence electrons. The number of carbonyl (C=O) groups is 2. The van der Waals surface area contributed by atoms with E-state index < -0.39 is 51.3 Å². The van der Waals surface area contributed by atoms with Crippen molar-refractivity contribution < 1.29 is 38.1 Å². The molecular weight excluding hydrogens is 640 g/mol. The van der Waals surface area contributed by atoms with E-state index in [9.17, 15) is 33.3 Å². The monoisotopic (exact) mass is 674 g/mol. The third kappa shape index (κ3) is 7.07. The number of aromatic hydroxyl groups is 2. The lowest BCUT2D eigenvalue weighted by Crippen LogP contribution is -2.37. The van der Waals surface area contributed by atoms with Crippen molar-refractivity contribution in [1.29, 1.82) is 0 Å². The van der Waals surface area contributed by atoms with Gasteiger partial charge in [0.15, 0.2) is 34.0 Å². The molecule has 1 aliphatic rings. The zero-order valence-corrected chi connectivity index (χ0v) is 26.3. The molecule has 0 radical (unpaired) electrons. The fourth-order valence-electron chi connectivity index (χ4n) is 5.37. The molecule has 3 aromatic rings. The third-order valence-corrected chi connectivity index (χ3v) is 10.4. The molecule has 12 heteroatoms. The molecule has 0 saturated carbocycles. The number of rotatable bonds is 11. The number of phenolic OH excluding ortho intramolecular Hbond substituents is 2. The summed E-state index contributed by atoms with van der Waals surface area (Å²) in [4.78, 5) is 26.7. The number of carboxylic acid groups (broad SMARTS) is 1. The predicted molar refractivity (Wildman–Crippen MR) is 166 cm³/mol. The molecule has 4 rings (SSSR count). The van der Waals surface area contributed by atoms with Crippen molar-refractivity contribution in [3.63, 3.8) is 0 Å². The molecule has 1 heterocycles. The molecule has 0 aromatic heterocycles. The standard InChI is InChI=1S/C31H35BrN2O8S/c1-3-5-14-31(4-2)18-34(20-10-7-6-8-11-20)23-15-22(32)25(16-26(23)43(40,41)19-31)42-17-27(36)33-28(30(38)39)21-12-9-13-24(35)29(21)37/h6-13,15-16,28,35,37H,3-5,14,17-19H2,1-2H3,(H,33,36)(H,38,39).